The molecule has 4 rings (SSSR count). The van der Waals surface area contributed by atoms with Crippen molar-refractivity contribution >= 4 is 12.0 Å². The molecule has 2 amide bonds. The minimum absolute atomic E-state index is 0.00779. The molecule has 1 aliphatic rings. The number of carbonyl (C=O) groups excluding carboxylic acids is 2. The highest BCUT2D eigenvalue weighted by Gasteiger charge is 2.39. The number of hydrogen-bond donors (Lipinski definition) is 3. The van der Waals surface area contributed by atoms with Crippen molar-refractivity contribution in [1.29, 1.82) is 0 Å². The van der Waals surface area contributed by atoms with E-state index in [4.69, 9.17) is 14.2 Å². The van der Waals surface area contributed by atoms with Crippen molar-refractivity contribution in [2.24, 2.45) is 5.92 Å². The maximum atomic E-state index is 12.1. The molecule has 0 saturated carbocycles. The lowest BCUT2D eigenvalue weighted by Gasteiger charge is -2.43. The zero-order valence-electron chi connectivity index (χ0n) is 25.4. The van der Waals surface area contributed by atoms with Gasteiger partial charge in [0.25, 0.3) is 0 Å². The van der Waals surface area contributed by atoms with Crippen molar-refractivity contribution in [3.05, 3.63) is 107 Å². The highest BCUT2D eigenvalue weighted by molar-refractivity contribution is 5.80. The minimum Gasteiger partial charge on any atom is -0.465 e. The molecule has 1 fully saturated rings. The Balaban J connectivity index is 1.46. The average molecular weight is 590 g/mol. The Hall–Kier alpha value is -3.76. The molecule has 3 N–H and O–H groups in total. The van der Waals surface area contributed by atoms with Gasteiger partial charge >= 0.3 is 12.0 Å². The first kappa shape index (κ1) is 32.2. The van der Waals surface area contributed by atoms with E-state index in [0.29, 0.717) is 13.1 Å². The van der Waals surface area contributed by atoms with Crippen molar-refractivity contribution < 1.29 is 28.9 Å². The Labute approximate surface area is 254 Å². The van der Waals surface area contributed by atoms with E-state index in [1.165, 1.54) is 5.56 Å². The summed E-state index contributed by atoms with van der Waals surface area (Å²) < 4.78 is 18.0. The van der Waals surface area contributed by atoms with Crippen molar-refractivity contribution in [3.63, 3.8) is 0 Å². The lowest BCUT2D eigenvalue weighted by atomic mass is 9.89. The van der Waals surface area contributed by atoms with Crippen LogP contribution < -0.4 is 10.6 Å². The monoisotopic (exact) mass is 589 g/mol. The Morgan fingerprint density at radius 2 is 1.58 bits per heavy atom. The van der Waals surface area contributed by atoms with E-state index in [-0.39, 0.29) is 43.9 Å². The quantitative estimate of drug-likeness (QED) is 0.255. The van der Waals surface area contributed by atoms with E-state index < -0.39 is 18.3 Å². The summed E-state index contributed by atoms with van der Waals surface area (Å²) in [6.07, 6.45) is -0.901. The molecule has 9 nitrogen and oxygen atoms in total. The van der Waals surface area contributed by atoms with Gasteiger partial charge in [-0.25, -0.2) is 4.79 Å². The van der Waals surface area contributed by atoms with E-state index >= 15 is 0 Å². The normalized spacial score (nSPS) is 20.8. The van der Waals surface area contributed by atoms with Crippen molar-refractivity contribution in [2.45, 2.75) is 58.5 Å². The van der Waals surface area contributed by atoms with Gasteiger partial charge in [-0.05, 0) is 43.1 Å². The van der Waals surface area contributed by atoms with Gasteiger partial charge in [0.2, 0.25) is 0 Å². The first-order valence-electron chi connectivity index (χ1n) is 14.8. The van der Waals surface area contributed by atoms with Gasteiger partial charge in [-0.15, -0.1) is 0 Å². The molecule has 1 saturated heterocycles. The van der Waals surface area contributed by atoms with Gasteiger partial charge in [0.15, 0.2) is 6.29 Å². The van der Waals surface area contributed by atoms with Crippen LogP contribution in [-0.2, 0) is 32.2 Å². The highest BCUT2D eigenvalue weighted by Crippen LogP contribution is 2.42. The van der Waals surface area contributed by atoms with E-state index in [1.54, 1.807) is 6.92 Å². The smallest absolute Gasteiger partial charge is 0.325 e. The van der Waals surface area contributed by atoms with E-state index in [0.717, 1.165) is 22.3 Å². The number of aliphatic hydroxyl groups is 1. The van der Waals surface area contributed by atoms with Gasteiger partial charge in [-0.3, -0.25) is 9.69 Å². The molecule has 43 heavy (non-hydrogen) atoms. The molecule has 1 aliphatic heterocycles. The van der Waals surface area contributed by atoms with Crippen LogP contribution in [0.15, 0.2) is 78.9 Å². The number of nitrogens with one attached hydrogen (secondary N) is 2. The fraction of sp³-hybridized carbons (Fsp3) is 0.412. The summed E-state index contributed by atoms with van der Waals surface area (Å²) in [5.41, 5.74) is 4.91. The number of benzene rings is 3. The predicted octanol–water partition coefficient (Wildman–Crippen LogP) is 5.03. The number of amides is 2. The van der Waals surface area contributed by atoms with Crippen LogP contribution in [0.5, 0.6) is 0 Å². The standard InChI is InChI=1S/C34H43N3O6/c1-5-41-31(39)20-36-34(40)35-19-25-11-17-29(18-12-25)33-42-30(21-37(4)24(3)27-9-7-6-8-10-27)23(2)32(43-33)28-15-13-26(22-38)14-16-28/h6-18,23-24,30,32-33,38H,5,19-22H2,1-4H3,(H2,35,36,40)/t23-,24+,30+,32+,33+/m1/s1. The largest absolute Gasteiger partial charge is 0.465 e. The fourth-order valence-electron chi connectivity index (χ4n) is 5.16. The van der Waals surface area contributed by atoms with Gasteiger partial charge in [0, 0.05) is 30.6 Å². The van der Waals surface area contributed by atoms with E-state index in [1.807, 2.05) is 54.6 Å². The maximum absolute atomic E-state index is 12.1. The summed E-state index contributed by atoms with van der Waals surface area (Å²) in [7, 11) is 2.12. The van der Waals surface area contributed by atoms with Crippen molar-refractivity contribution in [3.8, 4) is 0 Å². The maximum Gasteiger partial charge on any atom is 0.325 e. The number of hydrogen-bond acceptors (Lipinski definition) is 7. The molecule has 0 spiro atoms. The summed E-state index contributed by atoms with van der Waals surface area (Å²) >= 11 is 0. The van der Waals surface area contributed by atoms with Crippen LogP contribution in [0.2, 0.25) is 0 Å². The van der Waals surface area contributed by atoms with Crippen LogP contribution in [0.4, 0.5) is 4.79 Å². The summed E-state index contributed by atoms with van der Waals surface area (Å²) in [6, 6.07) is 25.8. The highest BCUT2D eigenvalue weighted by atomic mass is 16.7. The number of rotatable bonds is 12. The van der Waals surface area contributed by atoms with Gasteiger partial charge in [-0.2, -0.15) is 0 Å². The molecule has 0 unspecified atom stereocenters. The second-order valence-electron chi connectivity index (χ2n) is 10.9. The Morgan fingerprint density at radius 1 is 0.930 bits per heavy atom. The van der Waals surface area contributed by atoms with E-state index in [9.17, 15) is 14.7 Å². The molecule has 3 aromatic carbocycles. The van der Waals surface area contributed by atoms with Crippen LogP contribution in [-0.4, -0.2) is 54.9 Å². The Kier molecular flexibility index (Phi) is 11.7. The molecule has 3 aromatic rings. The van der Waals surface area contributed by atoms with Crippen LogP contribution in [0.1, 0.15) is 67.0 Å². The molecule has 5 atom stereocenters. The topological polar surface area (TPSA) is 109 Å². The third-order valence-corrected chi connectivity index (χ3v) is 7.94. The number of nitrogens with zero attached hydrogens (tertiary/aromatic N) is 1. The molecule has 0 aliphatic carbocycles. The second kappa shape index (κ2) is 15.6. The summed E-state index contributed by atoms with van der Waals surface area (Å²) in [5, 5.41) is 14.8. The van der Waals surface area contributed by atoms with Crippen molar-refractivity contribution in [1.82, 2.24) is 15.5 Å². The van der Waals surface area contributed by atoms with Crippen LogP contribution in [0, 0.1) is 5.92 Å². The molecule has 0 bridgehead atoms. The SMILES string of the molecule is CCOC(=O)CNC(=O)NCc1ccc([C@H]2O[C@@H](CN(C)[C@@H](C)c3ccccc3)[C@@H](C)[C@@H](c3ccc(CO)cc3)O2)cc1. The number of urea groups is 1. The number of ether oxygens (including phenoxy) is 3. The minimum atomic E-state index is -0.584. The Morgan fingerprint density at radius 3 is 2.23 bits per heavy atom. The fourth-order valence-corrected chi connectivity index (χ4v) is 5.16. The third-order valence-electron chi connectivity index (χ3n) is 7.94. The molecule has 0 aromatic heterocycles. The second-order valence-corrected chi connectivity index (χ2v) is 10.9. The van der Waals surface area contributed by atoms with Crippen LogP contribution in [0.3, 0.4) is 0 Å². The first-order valence-corrected chi connectivity index (χ1v) is 14.8. The molecule has 1 heterocycles. The number of aliphatic hydroxyl groups excluding tert-OH is 1. The lowest BCUT2D eigenvalue weighted by Crippen LogP contribution is -2.44. The summed E-state index contributed by atoms with van der Waals surface area (Å²) in [5.74, 6) is -0.413. The molecular formula is C34H43N3O6. The third kappa shape index (κ3) is 8.87. The molecule has 230 valence electrons. The zero-order chi connectivity index (χ0) is 30.8. The van der Waals surface area contributed by atoms with Gasteiger partial charge in [0.1, 0.15) is 6.54 Å². The molecular weight excluding hydrogens is 546 g/mol. The average Bonchev–Trinajstić information content (AvgIpc) is 3.04. The number of esters is 1. The molecule has 9 heteroatoms. The lowest BCUT2D eigenvalue weighted by molar-refractivity contribution is -0.276. The van der Waals surface area contributed by atoms with Gasteiger partial charge in [0.05, 0.1) is 25.4 Å². The zero-order valence-corrected chi connectivity index (χ0v) is 25.4. The summed E-state index contributed by atoms with van der Waals surface area (Å²) in [6.45, 7) is 7.16. The summed E-state index contributed by atoms with van der Waals surface area (Å²) in [4.78, 5) is 25.8. The predicted molar refractivity (Wildman–Crippen MR) is 164 cm³/mol. The van der Waals surface area contributed by atoms with E-state index in [2.05, 4.69) is 60.7 Å². The van der Waals surface area contributed by atoms with Crippen LogP contribution in [0.25, 0.3) is 0 Å². The van der Waals surface area contributed by atoms with Gasteiger partial charge in [-0.1, -0.05) is 85.8 Å². The van der Waals surface area contributed by atoms with Gasteiger partial charge < -0.3 is 30.0 Å². The number of carbonyl (C=O) groups is 2. The Bertz CT molecular complexity index is 1300. The van der Waals surface area contributed by atoms with Crippen molar-refractivity contribution in [2.75, 3.05) is 26.7 Å². The number of likely N-dealkylation sites (N-methyl/N-ethyl adjacent to an activating group) is 1. The van der Waals surface area contributed by atoms with Crippen LogP contribution >= 0.6 is 0 Å². The first-order chi connectivity index (χ1) is 20.8. The molecule has 0 radical (unpaired) electrons.